The molecule has 1 rings (SSSR count). The van der Waals surface area contributed by atoms with Gasteiger partial charge in [-0.25, -0.2) is 4.79 Å². The van der Waals surface area contributed by atoms with Gasteiger partial charge in [-0.2, -0.15) is 0 Å². The van der Waals surface area contributed by atoms with Gasteiger partial charge in [-0.1, -0.05) is 32.0 Å². The molecule has 5 heteroatoms. The highest BCUT2D eigenvalue weighted by Gasteiger charge is 2.42. The summed E-state index contributed by atoms with van der Waals surface area (Å²) in [6.45, 7) is 7.49. The molecule has 20 heavy (non-hydrogen) atoms. The van der Waals surface area contributed by atoms with Gasteiger partial charge in [-0.15, -0.1) is 0 Å². The van der Waals surface area contributed by atoms with Crippen LogP contribution in [0.15, 0.2) is 24.3 Å². The number of carboxylic acid groups (broad SMARTS) is 1. The largest absolute Gasteiger partial charge is 0.465 e. The van der Waals surface area contributed by atoms with Gasteiger partial charge in [0.1, 0.15) is 0 Å². The molecule has 0 unspecified atom stereocenters. The number of carbonyl (C=O) groups is 1. The summed E-state index contributed by atoms with van der Waals surface area (Å²) >= 11 is 2.13. The Labute approximate surface area is 133 Å². The Morgan fingerprint density at radius 1 is 1.30 bits per heavy atom. The highest BCUT2D eigenvalue weighted by molar-refractivity contribution is 14.1. The predicted octanol–water partition coefficient (Wildman–Crippen LogP) is 3.87. The first-order chi connectivity index (χ1) is 9.20. The van der Waals surface area contributed by atoms with E-state index in [0.717, 1.165) is 8.47 Å². The molecule has 0 radical (unpaired) electrons. The molecule has 0 aliphatic rings. The lowest BCUT2D eigenvalue weighted by Crippen LogP contribution is -2.53. The highest BCUT2D eigenvalue weighted by Crippen LogP contribution is 2.36. The zero-order chi connectivity index (χ0) is 15.5. The van der Waals surface area contributed by atoms with Gasteiger partial charge in [0.05, 0.1) is 0 Å². The standard InChI is InChI=1S/C15H22INO3/c1-10(2)9-15(20,17(11(3)4)14(18)19)12-7-5-6-8-13(12)16/h5-8,10-11,20H,9H2,1-4H3,(H,18,19)/t15-/m1/s1. The lowest BCUT2D eigenvalue weighted by Gasteiger charge is -2.42. The fourth-order valence-corrected chi connectivity index (χ4v) is 3.32. The van der Waals surface area contributed by atoms with Crippen LogP contribution < -0.4 is 0 Å². The number of hydrogen-bond acceptors (Lipinski definition) is 2. The zero-order valence-corrected chi connectivity index (χ0v) is 14.5. The maximum Gasteiger partial charge on any atom is 0.410 e. The van der Waals surface area contributed by atoms with Crippen LogP contribution in [-0.2, 0) is 5.72 Å². The Bertz CT molecular complexity index is 476. The van der Waals surface area contributed by atoms with E-state index in [2.05, 4.69) is 22.6 Å². The Morgan fingerprint density at radius 3 is 2.25 bits per heavy atom. The molecule has 0 saturated heterocycles. The van der Waals surface area contributed by atoms with Crippen LogP contribution in [0.25, 0.3) is 0 Å². The van der Waals surface area contributed by atoms with Crippen molar-refractivity contribution in [2.24, 2.45) is 5.92 Å². The van der Waals surface area contributed by atoms with Gasteiger partial charge in [0.2, 0.25) is 0 Å². The van der Waals surface area contributed by atoms with Gasteiger partial charge in [-0.05, 0) is 48.4 Å². The van der Waals surface area contributed by atoms with Gasteiger partial charge >= 0.3 is 6.09 Å². The van der Waals surface area contributed by atoms with E-state index in [-0.39, 0.29) is 12.0 Å². The van der Waals surface area contributed by atoms with Crippen LogP contribution in [0.5, 0.6) is 0 Å². The van der Waals surface area contributed by atoms with E-state index in [0.29, 0.717) is 12.0 Å². The molecule has 0 aliphatic heterocycles. The quantitative estimate of drug-likeness (QED) is 0.592. The summed E-state index contributed by atoms with van der Waals surface area (Å²) < 4.78 is 0.861. The predicted molar refractivity (Wildman–Crippen MR) is 87.5 cm³/mol. The van der Waals surface area contributed by atoms with Crippen LogP contribution >= 0.6 is 22.6 Å². The summed E-state index contributed by atoms with van der Waals surface area (Å²) in [7, 11) is 0. The molecule has 0 aliphatic carbocycles. The lowest BCUT2D eigenvalue weighted by molar-refractivity contribution is -0.125. The minimum atomic E-state index is -1.51. The van der Waals surface area contributed by atoms with Gasteiger partial charge in [-0.3, -0.25) is 4.90 Å². The van der Waals surface area contributed by atoms with Crippen molar-refractivity contribution in [2.75, 3.05) is 0 Å². The van der Waals surface area contributed by atoms with Crippen molar-refractivity contribution in [1.29, 1.82) is 0 Å². The van der Waals surface area contributed by atoms with E-state index in [1.165, 1.54) is 0 Å². The van der Waals surface area contributed by atoms with E-state index in [1.807, 2.05) is 32.0 Å². The number of amides is 1. The second-order valence-electron chi connectivity index (χ2n) is 5.64. The second kappa shape index (κ2) is 6.76. The average Bonchev–Trinajstić information content (AvgIpc) is 2.26. The summed E-state index contributed by atoms with van der Waals surface area (Å²) in [6.07, 6.45) is -0.750. The zero-order valence-electron chi connectivity index (χ0n) is 12.3. The highest BCUT2D eigenvalue weighted by atomic mass is 127. The molecule has 112 valence electrons. The third-order valence-corrected chi connectivity index (χ3v) is 4.06. The number of aliphatic hydroxyl groups is 1. The second-order valence-corrected chi connectivity index (χ2v) is 6.80. The maximum atomic E-state index is 11.6. The topological polar surface area (TPSA) is 60.8 Å². The number of hydrogen-bond donors (Lipinski definition) is 2. The molecule has 0 saturated carbocycles. The van der Waals surface area contributed by atoms with Gasteiger partial charge in [0.15, 0.2) is 5.72 Å². The number of rotatable bonds is 5. The minimum absolute atomic E-state index is 0.164. The van der Waals surface area contributed by atoms with E-state index < -0.39 is 11.8 Å². The molecular weight excluding hydrogens is 369 g/mol. The van der Waals surface area contributed by atoms with Gasteiger partial charge in [0.25, 0.3) is 0 Å². The SMILES string of the molecule is CC(C)C[C@@](O)(c1ccccc1I)N(C(=O)O)C(C)C. The summed E-state index contributed by atoms with van der Waals surface area (Å²) in [6, 6.07) is 7.06. The molecule has 0 bridgehead atoms. The molecule has 0 fully saturated rings. The minimum Gasteiger partial charge on any atom is -0.465 e. The molecule has 2 N–H and O–H groups in total. The molecule has 1 amide bonds. The molecule has 4 nitrogen and oxygen atoms in total. The maximum absolute atomic E-state index is 11.6. The number of nitrogens with zero attached hydrogens (tertiary/aromatic N) is 1. The first kappa shape index (κ1) is 17.2. The smallest absolute Gasteiger partial charge is 0.410 e. The van der Waals surface area contributed by atoms with E-state index in [1.54, 1.807) is 19.9 Å². The van der Waals surface area contributed by atoms with E-state index in [9.17, 15) is 15.0 Å². The van der Waals surface area contributed by atoms with E-state index >= 15 is 0 Å². The van der Waals surface area contributed by atoms with Crippen LogP contribution in [0.2, 0.25) is 0 Å². The molecule has 1 aromatic rings. The van der Waals surface area contributed by atoms with Crippen molar-refractivity contribution in [3.8, 4) is 0 Å². The van der Waals surface area contributed by atoms with Crippen LogP contribution in [0.4, 0.5) is 4.79 Å². The molecule has 0 heterocycles. The van der Waals surface area contributed by atoms with Crippen LogP contribution in [0.3, 0.4) is 0 Å². The van der Waals surface area contributed by atoms with Crippen molar-refractivity contribution < 1.29 is 15.0 Å². The Hall–Kier alpha value is -0.820. The Morgan fingerprint density at radius 2 is 1.85 bits per heavy atom. The molecule has 1 aromatic carbocycles. The molecule has 1 atom stereocenters. The monoisotopic (exact) mass is 391 g/mol. The van der Waals surface area contributed by atoms with Crippen LogP contribution in [0, 0.1) is 9.49 Å². The first-order valence-electron chi connectivity index (χ1n) is 6.69. The Kier molecular flexibility index (Phi) is 5.82. The van der Waals surface area contributed by atoms with Crippen LogP contribution in [0.1, 0.15) is 39.7 Å². The van der Waals surface area contributed by atoms with Crippen molar-refractivity contribution in [3.63, 3.8) is 0 Å². The van der Waals surface area contributed by atoms with Crippen molar-refractivity contribution >= 4 is 28.7 Å². The number of halogens is 1. The normalized spacial score (nSPS) is 14.4. The first-order valence-corrected chi connectivity index (χ1v) is 7.77. The third kappa shape index (κ3) is 3.63. The Balaban J connectivity index is 3.43. The fourth-order valence-electron chi connectivity index (χ4n) is 2.50. The number of benzene rings is 1. The van der Waals surface area contributed by atoms with Gasteiger partial charge < -0.3 is 10.2 Å². The fraction of sp³-hybridized carbons (Fsp3) is 0.533. The van der Waals surface area contributed by atoms with Crippen molar-refractivity contribution in [2.45, 2.75) is 45.9 Å². The summed E-state index contributed by atoms with van der Waals surface area (Å²) in [4.78, 5) is 12.8. The van der Waals surface area contributed by atoms with E-state index in [4.69, 9.17) is 0 Å². The summed E-state index contributed by atoms with van der Waals surface area (Å²) in [5, 5.41) is 20.7. The van der Waals surface area contributed by atoms with Crippen LogP contribution in [-0.4, -0.2) is 27.2 Å². The van der Waals surface area contributed by atoms with Crippen molar-refractivity contribution in [1.82, 2.24) is 4.90 Å². The molecular formula is C15H22INO3. The summed E-state index contributed by atoms with van der Waals surface area (Å²) in [5.41, 5.74) is -0.864. The molecule has 0 spiro atoms. The molecule has 0 aromatic heterocycles. The van der Waals surface area contributed by atoms with Crippen molar-refractivity contribution in [3.05, 3.63) is 33.4 Å². The lowest BCUT2D eigenvalue weighted by atomic mass is 9.91. The summed E-state index contributed by atoms with van der Waals surface area (Å²) in [5.74, 6) is 0.164. The average molecular weight is 391 g/mol. The third-order valence-electron chi connectivity index (χ3n) is 3.12. The van der Waals surface area contributed by atoms with Gasteiger partial charge in [0, 0.05) is 21.6 Å².